The molecule has 3 aromatic rings. The summed E-state index contributed by atoms with van der Waals surface area (Å²) in [5, 5.41) is 14.6. The molecular weight excluding hydrogens is 565 g/mol. The first-order chi connectivity index (χ1) is 21.2. The molecule has 44 heavy (non-hydrogen) atoms. The Labute approximate surface area is 255 Å². The summed E-state index contributed by atoms with van der Waals surface area (Å²) in [5.74, 6) is -3.40. The van der Waals surface area contributed by atoms with Crippen molar-refractivity contribution in [3.05, 3.63) is 113 Å². The quantitative estimate of drug-likeness (QED) is 0.219. The van der Waals surface area contributed by atoms with E-state index in [1.165, 1.54) is 6.08 Å². The van der Waals surface area contributed by atoms with E-state index in [2.05, 4.69) is 10.6 Å². The Hall–Kier alpha value is -4.83. The number of halogens is 1. The third-order valence-corrected chi connectivity index (χ3v) is 7.33. The lowest BCUT2D eigenvalue weighted by atomic mass is 9.96. The zero-order chi connectivity index (χ0) is 31.6. The molecule has 1 heterocycles. The van der Waals surface area contributed by atoms with Crippen molar-refractivity contribution in [3.63, 3.8) is 0 Å². The SMILES string of the molecule is CC(C)[C@H](NC(=O)OCc1ccccc1)/C(F)=C/[C@@H](CCCN1C(=O)c2ccccc2C1=O)C(=O)Nc1ccc(CO)cc1. The Bertz CT molecular complexity index is 1470. The van der Waals surface area contributed by atoms with Gasteiger partial charge in [0.2, 0.25) is 5.91 Å². The highest BCUT2D eigenvalue weighted by atomic mass is 19.1. The van der Waals surface area contributed by atoms with E-state index in [0.29, 0.717) is 22.4 Å². The number of carbonyl (C=O) groups excluding carboxylic acids is 4. The van der Waals surface area contributed by atoms with Crippen LogP contribution in [0.1, 0.15) is 58.5 Å². The summed E-state index contributed by atoms with van der Waals surface area (Å²) in [5.41, 5.74) is 2.55. The molecule has 10 heteroatoms. The average molecular weight is 602 g/mol. The third kappa shape index (κ3) is 8.17. The van der Waals surface area contributed by atoms with E-state index in [1.807, 2.05) is 18.2 Å². The molecule has 0 radical (unpaired) electrons. The van der Waals surface area contributed by atoms with Gasteiger partial charge in [-0.3, -0.25) is 19.3 Å². The molecule has 4 amide bonds. The van der Waals surface area contributed by atoms with Crippen LogP contribution in [0.4, 0.5) is 14.9 Å². The lowest BCUT2D eigenvalue weighted by molar-refractivity contribution is -0.118. The number of rotatable bonds is 13. The number of benzene rings is 3. The van der Waals surface area contributed by atoms with Crippen molar-refractivity contribution in [2.45, 2.75) is 45.9 Å². The van der Waals surface area contributed by atoms with Crippen LogP contribution in [0.3, 0.4) is 0 Å². The number of nitrogens with one attached hydrogen (secondary N) is 2. The summed E-state index contributed by atoms with van der Waals surface area (Å²) in [6.07, 6.45) is 0.717. The molecule has 0 aliphatic carbocycles. The molecule has 0 spiro atoms. The number of aliphatic hydroxyl groups excluding tert-OH is 1. The highest BCUT2D eigenvalue weighted by Gasteiger charge is 2.35. The number of amides is 4. The lowest BCUT2D eigenvalue weighted by Gasteiger charge is -2.22. The van der Waals surface area contributed by atoms with Crippen LogP contribution in [0.25, 0.3) is 0 Å². The molecule has 1 aliphatic heterocycles. The second-order valence-corrected chi connectivity index (χ2v) is 10.9. The summed E-state index contributed by atoms with van der Waals surface area (Å²) >= 11 is 0. The van der Waals surface area contributed by atoms with Gasteiger partial charge in [-0.05, 0) is 60.2 Å². The molecule has 3 aromatic carbocycles. The Kier molecular flexibility index (Phi) is 11.0. The van der Waals surface area contributed by atoms with Crippen molar-refractivity contribution in [2.24, 2.45) is 11.8 Å². The normalized spacial score (nSPS) is 14.3. The number of hydrogen-bond donors (Lipinski definition) is 3. The van der Waals surface area contributed by atoms with Crippen molar-refractivity contribution in [1.82, 2.24) is 10.2 Å². The first-order valence-corrected chi connectivity index (χ1v) is 14.5. The van der Waals surface area contributed by atoms with Gasteiger partial charge >= 0.3 is 6.09 Å². The topological polar surface area (TPSA) is 125 Å². The largest absolute Gasteiger partial charge is 0.445 e. The maximum Gasteiger partial charge on any atom is 0.408 e. The van der Waals surface area contributed by atoms with Crippen LogP contribution in [0.5, 0.6) is 0 Å². The minimum Gasteiger partial charge on any atom is -0.445 e. The summed E-state index contributed by atoms with van der Waals surface area (Å²) in [7, 11) is 0. The molecule has 0 aromatic heterocycles. The maximum atomic E-state index is 15.8. The summed E-state index contributed by atoms with van der Waals surface area (Å²) < 4.78 is 21.1. The van der Waals surface area contributed by atoms with Crippen LogP contribution in [0, 0.1) is 11.8 Å². The van der Waals surface area contributed by atoms with Gasteiger partial charge in [-0.1, -0.05) is 68.4 Å². The van der Waals surface area contributed by atoms with Crippen LogP contribution in [-0.4, -0.2) is 46.4 Å². The van der Waals surface area contributed by atoms with Crippen molar-refractivity contribution in [1.29, 1.82) is 0 Å². The third-order valence-electron chi connectivity index (χ3n) is 7.33. The fourth-order valence-electron chi connectivity index (χ4n) is 4.87. The molecule has 1 aliphatic rings. The van der Waals surface area contributed by atoms with Crippen LogP contribution >= 0.6 is 0 Å². The van der Waals surface area contributed by atoms with Crippen molar-refractivity contribution in [3.8, 4) is 0 Å². The average Bonchev–Trinajstić information content (AvgIpc) is 3.27. The predicted octanol–water partition coefficient (Wildman–Crippen LogP) is 5.61. The smallest absolute Gasteiger partial charge is 0.408 e. The number of imide groups is 1. The van der Waals surface area contributed by atoms with Gasteiger partial charge in [0, 0.05) is 12.2 Å². The molecule has 0 saturated heterocycles. The van der Waals surface area contributed by atoms with Crippen LogP contribution < -0.4 is 10.6 Å². The fraction of sp³-hybridized carbons (Fsp3) is 0.294. The molecule has 2 atom stereocenters. The van der Waals surface area contributed by atoms with E-state index in [-0.39, 0.29) is 38.5 Å². The minimum atomic E-state index is -1.06. The zero-order valence-electron chi connectivity index (χ0n) is 24.7. The van der Waals surface area contributed by atoms with Crippen molar-refractivity contribution < 1.29 is 33.4 Å². The fourth-order valence-corrected chi connectivity index (χ4v) is 4.87. The predicted molar refractivity (Wildman–Crippen MR) is 163 cm³/mol. The summed E-state index contributed by atoms with van der Waals surface area (Å²) in [6.45, 7) is 3.38. The summed E-state index contributed by atoms with van der Waals surface area (Å²) in [6, 6.07) is 21.1. The van der Waals surface area contributed by atoms with Gasteiger partial charge in [0.1, 0.15) is 12.4 Å². The first-order valence-electron chi connectivity index (χ1n) is 14.5. The molecule has 9 nitrogen and oxygen atoms in total. The Morgan fingerprint density at radius 3 is 2.11 bits per heavy atom. The Morgan fingerprint density at radius 2 is 1.52 bits per heavy atom. The van der Waals surface area contributed by atoms with Crippen LogP contribution in [0.2, 0.25) is 0 Å². The van der Waals surface area contributed by atoms with Gasteiger partial charge < -0.3 is 20.5 Å². The second-order valence-electron chi connectivity index (χ2n) is 10.9. The number of ether oxygens (including phenoxy) is 1. The second kappa shape index (κ2) is 15.1. The van der Waals surface area contributed by atoms with Crippen molar-refractivity contribution >= 4 is 29.5 Å². The maximum absolute atomic E-state index is 15.8. The van der Waals surface area contributed by atoms with E-state index in [1.54, 1.807) is 74.5 Å². The van der Waals surface area contributed by atoms with Gasteiger partial charge in [0.15, 0.2) is 0 Å². The van der Waals surface area contributed by atoms with Gasteiger partial charge in [0.05, 0.1) is 29.7 Å². The van der Waals surface area contributed by atoms with E-state index in [9.17, 15) is 24.3 Å². The lowest BCUT2D eigenvalue weighted by Crippen LogP contribution is -2.40. The van der Waals surface area contributed by atoms with Gasteiger partial charge in [0.25, 0.3) is 11.8 Å². The number of aliphatic hydroxyl groups is 1. The van der Waals surface area contributed by atoms with E-state index in [4.69, 9.17) is 4.74 Å². The number of hydrogen-bond acceptors (Lipinski definition) is 6. The molecule has 0 saturated carbocycles. The van der Waals surface area contributed by atoms with E-state index in [0.717, 1.165) is 10.5 Å². The zero-order valence-corrected chi connectivity index (χ0v) is 24.7. The Morgan fingerprint density at radius 1 is 0.909 bits per heavy atom. The molecule has 0 unspecified atom stereocenters. The molecule has 0 fully saturated rings. The van der Waals surface area contributed by atoms with Gasteiger partial charge in [-0.15, -0.1) is 0 Å². The molecular formula is C34H36FN3O6. The molecule has 230 valence electrons. The number of nitrogens with zero attached hydrogens (tertiary/aromatic N) is 1. The minimum absolute atomic E-state index is 0.0146. The van der Waals surface area contributed by atoms with Crippen LogP contribution in [-0.2, 0) is 22.7 Å². The Balaban J connectivity index is 1.47. The molecule has 3 N–H and O–H groups in total. The van der Waals surface area contributed by atoms with E-state index >= 15 is 4.39 Å². The highest BCUT2D eigenvalue weighted by molar-refractivity contribution is 6.21. The number of alkyl carbamates (subject to hydrolysis) is 1. The standard InChI is InChI=1S/C34H36FN3O6/c1-22(2)30(37-34(43)44-21-24-9-4-3-5-10-24)29(35)19-25(31(40)36-26-16-14-23(20-39)15-17-26)11-8-18-38-32(41)27-12-6-7-13-28(27)33(38)42/h3-7,9-10,12-17,19,22,25,30,39H,8,11,18,20-21H2,1-2H3,(H,36,40)(H,37,43)/b29-19-/t25-,30+/m1/s1. The molecule has 0 bridgehead atoms. The van der Waals surface area contributed by atoms with Gasteiger partial charge in [-0.2, -0.15) is 0 Å². The first kappa shape index (κ1) is 32.1. The number of carbonyl (C=O) groups is 4. The monoisotopic (exact) mass is 601 g/mol. The molecule has 4 rings (SSSR count). The summed E-state index contributed by atoms with van der Waals surface area (Å²) in [4.78, 5) is 52.6. The van der Waals surface area contributed by atoms with Gasteiger partial charge in [-0.25, -0.2) is 9.18 Å². The van der Waals surface area contributed by atoms with E-state index < -0.39 is 41.6 Å². The van der Waals surface area contributed by atoms with Crippen molar-refractivity contribution in [2.75, 3.05) is 11.9 Å². The van der Waals surface area contributed by atoms with Crippen LogP contribution in [0.15, 0.2) is 90.8 Å². The highest BCUT2D eigenvalue weighted by Crippen LogP contribution is 2.25. The number of anilines is 1. The number of fused-ring (bicyclic) bond motifs is 1.